The molecular formula is C17H28FN3S. The first-order chi connectivity index (χ1) is 10.6. The zero-order chi connectivity index (χ0) is 16.4. The van der Waals surface area contributed by atoms with E-state index in [1.807, 2.05) is 37.7 Å². The molecule has 0 aliphatic rings. The predicted molar refractivity (Wildman–Crippen MR) is 96.3 cm³/mol. The number of rotatable bonds is 8. The molecular weight excluding hydrogens is 297 g/mol. The van der Waals surface area contributed by atoms with Crippen molar-refractivity contribution in [3.8, 4) is 0 Å². The van der Waals surface area contributed by atoms with Crippen molar-refractivity contribution in [3.63, 3.8) is 0 Å². The Balaban J connectivity index is 2.60. The first-order valence-electron chi connectivity index (χ1n) is 7.88. The van der Waals surface area contributed by atoms with Gasteiger partial charge in [0.25, 0.3) is 0 Å². The van der Waals surface area contributed by atoms with E-state index in [0.29, 0.717) is 5.56 Å². The monoisotopic (exact) mass is 325 g/mol. The van der Waals surface area contributed by atoms with Gasteiger partial charge in [-0.3, -0.25) is 4.99 Å². The first-order valence-corrected chi connectivity index (χ1v) is 9.27. The average Bonchev–Trinajstić information content (AvgIpc) is 2.49. The van der Waals surface area contributed by atoms with Gasteiger partial charge in [-0.25, -0.2) is 4.39 Å². The molecule has 0 aliphatic heterocycles. The van der Waals surface area contributed by atoms with Crippen molar-refractivity contribution in [1.82, 2.24) is 10.6 Å². The summed E-state index contributed by atoms with van der Waals surface area (Å²) in [7, 11) is 0. The lowest BCUT2D eigenvalue weighted by Crippen LogP contribution is -2.38. The minimum atomic E-state index is -0.162. The zero-order valence-corrected chi connectivity index (χ0v) is 14.9. The van der Waals surface area contributed by atoms with E-state index >= 15 is 0 Å². The molecule has 0 bridgehead atoms. The van der Waals surface area contributed by atoms with E-state index in [-0.39, 0.29) is 11.9 Å². The highest BCUT2D eigenvalue weighted by Gasteiger charge is 2.09. The summed E-state index contributed by atoms with van der Waals surface area (Å²) < 4.78 is 13.7. The third-order valence-electron chi connectivity index (χ3n) is 3.42. The van der Waals surface area contributed by atoms with Crippen LogP contribution in [0.2, 0.25) is 0 Å². The van der Waals surface area contributed by atoms with Gasteiger partial charge < -0.3 is 10.6 Å². The van der Waals surface area contributed by atoms with E-state index in [1.165, 1.54) is 12.2 Å². The van der Waals surface area contributed by atoms with Crippen molar-refractivity contribution >= 4 is 17.7 Å². The van der Waals surface area contributed by atoms with Crippen LogP contribution < -0.4 is 10.6 Å². The molecule has 0 fully saturated rings. The summed E-state index contributed by atoms with van der Waals surface area (Å²) in [4.78, 5) is 4.58. The van der Waals surface area contributed by atoms with Crippen molar-refractivity contribution in [3.05, 3.63) is 35.1 Å². The summed E-state index contributed by atoms with van der Waals surface area (Å²) in [5.74, 6) is 1.81. The van der Waals surface area contributed by atoms with E-state index in [2.05, 4.69) is 21.9 Å². The Morgan fingerprint density at radius 1 is 1.36 bits per heavy atom. The molecule has 3 nitrogen and oxygen atoms in total. The molecule has 124 valence electrons. The number of hydrogen-bond acceptors (Lipinski definition) is 2. The molecule has 0 spiro atoms. The third-order valence-corrected chi connectivity index (χ3v) is 4.12. The third kappa shape index (κ3) is 6.69. The van der Waals surface area contributed by atoms with Gasteiger partial charge in [0.2, 0.25) is 0 Å². The molecule has 1 rings (SSSR count). The highest BCUT2D eigenvalue weighted by molar-refractivity contribution is 7.98. The van der Waals surface area contributed by atoms with Crippen LogP contribution in [0.4, 0.5) is 4.39 Å². The van der Waals surface area contributed by atoms with Crippen molar-refractivity contribution in [2.45, 2.75) is 39.7 Å². The molecule has 5 heteroatoms. The number of benzene rings is 1. The zero-order valence-electron chi connectivity index (χ0n) is 14.1. The summed E-state index contributed by atoms with van der Waals surface area (Å²) in [5.41, 5.74) is 1.60. The van der Waals surface area contributed by atoms with E-state index in [9.17, 15) is 4.39 Å². The van der Waals surface area contributed by atoms with Gasteiger partial charge in [0.05, 0.1) is 6.04 Å². The van der Waals surface area contributed by atoms with Crippen LogP contribution in [0.1, 0.15) is 43.9 Å². The Labute approximate surface area is 138 Å². The normalized spacial score (nSPS) is 13.0. The second-order valence-corrected chi connectivity index (χ2v) is 6.32. The number of aliphatic imine (C=N–C) groups is 1. The quantitative estimate of drug-likeness (QED) is 0.432. The highest BCUT2D eigenvalue weighted by Crippen LogP contribution is 2.16. The topological polar surface area (TPSA) is 36.4 Å². The van der Waals surface area contributed by atoms with Crippen molar-refractivity contribution in [2.24, 2.45) is 4.99 Å². The second-order valence-electron chi connectivity index (χ2n) is 5.34. The van der Waals surface area contributed by atoms with Crippen molar-refractivity contribution in [1.29, 1.82) is 0 Å². The van der Waals surface area contributed by atoms with Gasteiger partial charge in [0, 0.05) is 13.1 Å². The van der Waals surface area contributed by atoms with Crippen LogP contribution in [0, 0.1) is 12.7 Å². The SMILES string of the molecule is CCNC(=NCCCCSC)NC(C)c1ccc(C)c(F)c1. The number of guanidine groups is 1. The summed E-state index contributed by atoms with van der Waals surface area (Å²) in [6, 6.07) is 5.38. The lowest BCUT2D eigenvalue weighted by molar-refractivity contribution is 0.607. The summed E-state index contributed by atoms with van der Waals surface area (Å²) >= 11 is 1.87. The predicted octanol–water partition coefficient (Wildman–Crippen LogP) is 3.89. The van der Waals surface area contributed by atoms with Gasteiger partial charge in [-0.05, 0) is 62.8 Å². The molecule has 1 atom stereocenters. The van der Waals surface area contributed by atoms with Crippen LogP contribution in [0.5, 0.6) is 0 Å². The van der Waals surface area contributed by atoms with Gasteiger partial charge in [-0.1, -0.05) is 12.1 Å². The number of aryl methyl sites for hydroxylation is 1. The molecule has 0 saturated heterocycles. The van der Waals surface area contributed by atoms with E-state index in [0.717, 1.165) is 31.0 Å². The van der Waals surface area contributed by atoms with Crippen molar-refractivity contribution < 1.29 is 4.39 Å². The fraction of sp³-hybridized carbons (Fsp3) is 0.588. The first kappa shape index (κ1) is 18.8. The maximum absolute atomic E-state index is 13.7. The smallest absolute Gasteiger partial charge is 0.191 e. The van der Waals surface area contributed by atoms with Crippen LogP contribution in [0.15, 0.2) is 23.2 Å². The number of halogens is 1. The van der Waals surface area contributed by atoms with Crippen LogP contribution in [0.3, 0.4) is 0 Å². The van der Waals surface area contributed by atoms with E-state index in [4.69, 9.17) is 0 Å². The molecule has 22 heavy (non-hydrogen) atoms. The Morgan fingerprint density at radius 3 is 2.77 bits per heavy atom. The number of nitrogens with one attached hydrogen (secondary N) is 2. The number of thioether (sulfide) groups is 1. The van der Waals surface area contributed by atoms with Crippen LogP contribution in [-0.4, -0.2) is 31.1 Å². The Kier molecular flexibility index (Phi) is 8.97. The highest BCUT2D eigenvalue weighted by atomic mass is 32.2. The molecule has 0 heterocycles. The second kappa shape index (κ2) is 10.5. The molecule has 0 amide bonds. The Morgan fingerprint density at radius 2 is 2.14 bits per heavy atom. The van der Waals surface area contributed by atoms with Crippen molar-refractivity contribution in [2.75, 3.05) is 25.1 Å². The minimum absolute atomic E-state index is 0.0131. The van der Waals surface area contributed by atoms with Gasteiger partial charge in [0.1, 0.15) is 5.82 Å². The van der Waals surface area contributed by atoms with Gasteiger partial charge >= 0.3 is 0 Å². The lowest BCUT2D eigenvalue weighted by atomic mass is 10.1. The average molecular weight is 325 g/mol. The van der Waals surface area contributed by atoms with Gasteiger partial charge in [0.15, 0.2) is 5.96 Å². The molecule has 1 aromatic carbocycles. The standard InChI is InChI=1S/C17H28FN3S/c1-5-19-17(20-10-6-7-11-22-4)21-14(3)15-9-8-13(2)16(18)12-15/h8-9,12,14H,5-7,10-11H2,1-4H3,(H2,19,20,21). The van der Waals surface area contributed by atoms with Crippen LogP contribution in [-0.2, 0) is 0 Å². The molecule has 0 radical (unpaired) electrons. The lowest BCUT2D eigenvalue weighted by Gasteiger charge is -2.18. The van der Waals surface area contributed by atoms with Gasteiger partial charge in [-0.2, -0.15) is 11.8 Å². The number of hydrogen-bond donors (Lipinski definition) is 2. The fourth-order valence-corrected chi connectivity index (χ4v) is 2.53. The van der Waals surface area contributed by atoms with E-state index in [1.54, 1.807) is 13.0 Å². The Hall–Kier alpha value is -1.23. The van der Waals surface area contributed by atoms with Crippen LogP contribution >= 0.6 is 11.8 Å². The maximum Gasteiger partial charge on any atom is 0.191 e. The summed E-state index contributed by atoms with van der Waals surface area (Å²) in [5, 5.41) is 6.58. The summed E-state index contributed by atoms with van der Waals surface area (Å²) in [6.45, 7) is 7.46. The molecule has 0 aliphatic carbocycles. The molecule has 0 aromatic heterocycles. The van der Waals surface area contributed by atoms with Crippen LogP contribution in [0.25, 0.3) is 0 Å². The Bertz CT molecular complexity index is 477. The number of unbranched alkanes of at least 4 members (excludes halogenated alkanes) is 1. The molecule has 2 N–H and O–H groups in total. The van der Waals surface area contributed by atoms with Gasteiger partial charge in [-0.15, -0.1) is 0 Å². The summed E-state index contributed by atoms with van der Waals surface area (Å²) in [6.07, 6.45) is 4.39. The molecule has 1 unspecified atom stereocenters. The maximum atomic E-state index is 13.7. The number of nitrogens with zero attached hydrogens (tertiary/aromatic N) is 1. The molecule has 1 aromatic rings. The fourth-order valence-electron chi connectivity index (χ4n) is 2.04. The van der Waals surface area contributed by atoms with E-state index < -0.39 is 0 Å². The minimum Gasteiger partial charge on any atom is -0.357 e. The molecule has 0 saturated carbocycles. The largest absolute Gasteiger partial charge is 0.357 e.